The van der Waals surface area contributed by atoms with E-state index >= 15 is 0 Å². The molecule has 96 valence electrons. The molecule has 0 atom stereocenters. The van der Waals surface area contributed by atoms with Gasteiger partial charge in [0, 0.05) is 5.33 Å². The highest BCUT2D eigenvalue weighted by molar-refractivity contribution is 9.09. The van der Waals surface area contributed by atoms with E-state index in [1.807, 2.05) is 0 Å². The van der Waals surface area contributed by atoms with Crippen LogP contribution in [0.4, 0.5) is 0 Å². The van der Waals surface area contributed by atoms with E-state index in [0.29, 0.717) is 0 Å². The third-order valence-corrected chi connectivity index (χ3v) is 4.67. The molecule has 0 saturated heterocycles. The monoisotopic (exact) mass is 290 g/mol. The Hall–Kier alpha value is 0.440. The maximum atomic E-state index is 6.30. The third-order valence-electron chi connectivity index (χ3n) is 3.65. The van der Waals surface area contributed by atoms with E-state index in [2.05, 4.69) is 50.5 Å². The van der Waals surface area contributed by atoms with Crippen molar-refractivity contribution in [2.45, 2.75) is 71.5 Å². The Morgan fingerprint density at radius 3 is 2.06 bits per heavy atom. The maximum Gasteiger partial charge on any atom is 0.0786 e. The topological polar surface area (TPSA) is 9.23 Å². The summed E-state index contributed by atoms with van der Waals surface area (Å²) in [5.74, 6) is 1.72. The van der Waals surface area contributed by atoms with Gasteiger partial charge in [0.2, 0.25) is 0 Å². The highest BCUT2D eigenvalue weighted by atomic mass is 79.9. The average molecular weight is 291 g/mol. The summed E-state index contributed by atoms with van der Waals surface area (Å²) in [5.41, 5.74) is 0.0576. The smallest absolute Gasteiger partial charge is 0.0786 e. The lowest BCUT2D eigenvalue weighted by atomic mass is 9.75. The maximum absolute atomic E-state index is 6.30. The Morgan fingerprint density at radius 1 is 1.25 bits per heavy atom. The second kappa shape index (κ2) is 5.39. The van der Waals surface area contributed by atoms with Crippen LogP contribution in [-0.2, 0) is 4.74 Å². The van der Waals surface area contributed by atoms with Crippen molar-refractivity contribution in [2.24, 2.45) is 11.8 Å². The van der Waals surface area contributed by atoms with Crippen LogP contribution in [0.2, 0.25) is 0 Å². The lowest BCUT2D eigenvalue weighted by Crippen LogP contribution is -2.44. The molecule has 0 aromatic carbocycles. The minimum atomic E-state index is -0.0293. The van der Waals surface area contributed by atoms with Crippen LogP contribution in [0, 0.1) is 11.8 Å². The van der Waals surface area contributed by atoms with Crippen molar-refractivity contribution in [3.05, 3.63) is 0 Å². The van der Waals surface area contributed by atoms with Crippen LogP contribution < -0.4 is 0 Å². The van der Waals surface area contributed by atoms with Crippen molar-refractivity contribution in [1.82, 2.24) is 0 Å². The number of rotatable bonds is 3. The van der Waals surface area contributed by atoms with Crippen LogP contribution in [-0.4, -0.2) is 16.5 Å². The fourth-order valence-corrected chi connectivity index (χ4v) is 3.42. The molecule has 0 bridgehead atoms. The van der Waals surface area contributed by atoms with E-state index in [4.69, 9.17) is 4.74 Å². The summed E-state index contributed by atoms with van der Waals surface area (Å²) < 4.78 is 6.30. The first-order chi connectivity index (χ1) is 7.28. The standard InChI is InChI=1S/C14H27BrO/c1-11(2)12-6-8-14(10-15,9-7-12)16-13(3,4)5/h11-12H,6-10H2,1-5H3. The molecule has 1 aliphatic rings. The van der Waals surface area contributed by atoms with Gasteiger partial charge in [0.15, 0.2) is 0 Å². The van der Waals surface area contributed by atoms with Crippen molar-refractivity contribution in [2.75, 3.05) is 5.33 Å². The van der Waals surface area contributed by atoms with Crippen molar-refractivity contribution < 1.29 is 4.74 Å². The fraction of sp³-hybridized carbons (Fsp3) is 1.00. The van der Waals surface area contributed by atoms with Gasteiger partial charge in [0.25, 0.3) is 0 Å². The summed E-state index contributed by atoms with van der Waals surface area (Å²) in [6.07, 6.45) is 5.05. The van der Waals surface area contributed by atoms with Gasteiger partial charge in [-0.15, -0.1) is 0 Å². The number of alkyl halides is 1. The first kappa shape index (κ1) is 14.5. The Labute approximate surface area is 109 Å². The van der Waals surface area contributed by atoms with Crippen LogP contribution in [0.5, 0.6) is 0 Å². The van der Waals surface area contributed by atoms with Gasteiger partial charge >= 0.3 is 0 Å². The van der Waals surface area contributed by atoms with E-state index in [1.165, 1.54) is 25.7 Å². The molecule has 0 spiro atoms. The summed E-state index contributed by atoms with van der Waals surface area (Å²) in [5, 5.41) is 0.974. The van der Waals surface area contributed by atoms with Gasteiger partial charge in [-0.3, -0.25) is 0 Å². The molecule has 1 nitrogen and oxygen atoms in total. The van der Waals surface area contributed by atoms with E-state index in [0.717, 1.165) is 17.2 Å². The summed E-state index contributed by atoms with van der Waals surface area (Å²) in [6, 6.07) is 0. The van der Waals surface area contributed by atoms with Gasteiger partial charge in [0.05, 0.1) is 11.2 Å². The predicted molar refractivity (Wildman–Crippen MR) is 74.2 cm³/mol. The zero-order chi connectivity index (χ0) is 12.4. The molecule has 0 unspecified atom stereocenters. The molecule has 0 aromatic rings. The van der Waals surface area contributed by atoms with Gasteiger partial charge < -0.3 is 4.74 Å². The first-order valence-corrected chi connectivity index (χ1v) is 7.66. The number of ether oxygens (including phenoxy) is 1. The predicted octanol–water partition coefficient (Wildman–Crippen LogP) is 4.78. The van der Waals surface area contributed by atoms with Gasteiger partial charge in [0.1, 0.15) is 0 Å². The number of hydrogen-bond acceptors (Lipinski definition) is 1. The van der Waals surface area contributed by atoms with Crippen LogP contribution in [0.1, 0.15) is 60.3 Å². The first-order valence-electron chi connectivity index (χ1n) is 6.54. The van der Waals surface area contributed by atoms with Gasteiger partial charge in [-0.2, -0.15) is 0 Å². The van der Waals surface area contributed by atoms with E-state index in [-0.39, 0.29) is 11.2 Å². The fourth-order valence-electron chi connectivity index (χ4n) is 2.75. The van der Waals surface area contributed by atoms with Crippen molar-refractivity contribution in [3.8, 4) is 0 Å². The Morgan fingerprint density at radius 2 is 1.75 bits per heavy atom. The molecule has 0 N–H and O–H groups in total. The van der Waals surface area contributed by atoms with Crippen LogP contribution in [0.15, 0.2) is 0 Å². The molecule has 2 heteroatoms. The Kier molecular flexibility index (Phi) is 4.88. The Balaban J connectivity index is 2.58. The van der Waals surface area contributed by atoms with Crippen LogP contribution >= 0.6 is 15.9 Å². The largest absolute Gasteiger partial charge is 0.369 e. The number of hydrogen-bond donors (Lipinski definition) is 0. The minimum Gasteiger partial charge on any atom is -0.369 e. The molecule has 0 aromatic heterocycles. The molecule has 0 aliphatic heterocycles. The molecule has 0 amide bonds. The third kappa shape index (κ3) is 4.03. The summed E-state index contributed by atoms with van der Waals surface area (Å²) in [7, 11) is 0. The van der Waals surface area contributed by atoms with Crippen molar-refractivity contribution >= 4 is 15.9 Å². The zero-order valence-corrected chi connectivity index (χ0v) is 13.1. The van der Waals surface area contributed by atoms with Gasteiger partial charge in [-0.1, -0.05) is 29.8 Å². The summed E-state index contributed by atoms with van der Waals surface area (Å²) in [6.45, 7) is 11.2. The van der Waals surface area contributed by atoms with Gasteiger partial charge in [-0.25, -0.2) is 0 Å². The lowest BCUT2D eigenvalue weighted by Gasteiger charge is -2.44. The SMILES string of the molecule is CC(C)C1CCC(CBr)(OC(C)(C)C)CC1. The van der Waals surface area contributed by atoms with Gasteiger partial charge in [-0.05, 0) is 58.3 Å². The van der Waals surface area contributed by atoms with Crippen molar-refractivity contribution in [1.29, 1.82) is 0 Å². The van der Waals surface area contributed by atoms with E-state index in [9.17, 15) is 0 Å². The second-order valence-electron chi connectivity index (χ2n) is 6.61. The summed E-state index contributed by atoms with van der Waals surface area (Å²) in [4.78, 5) is 0. The molecule has 1 rings (SSSR count). The van der Waals surface area contributed by atoms with Crippen LogP contribution in [0.25, 0.3) is 0 Å². The molecule has 0 heterocycles. The average Bonchev–Trinajstić information content (AvgIpc) is 2.16. The molecule has 1 saturated carbocycles. The van der Waals surface area contributed by atoms with Crippen LogP contribution in [0.3, 0.4) is 0 Å². The lowest BCUT2D eigenvalue weighted by molar-refractivity contribution is -0.140. The highest BCUT2D eigenvalue weighted by Gasteiger charge is 2.38. The molecular formula is C14H27BrO. The number of halogens is 1. The zero-order valence-electron chi connectivity index (χ0n) is 11.5. The van der Waals surface area contributed by atoms with E-state index in [1.54, 1.807) is 0 Å². The molecule has 0 radical (unpaired) electrons. The Bertz CT molecular complexity index is 209. The highest BCUT2D eigenvalue weighted by Crippen LogP contribution is 2.41. The van der Waals surface area contributed by atoms with Crippen molar-refractivity contribution in [3.63, 3.8) is 0 Å². The molecule has 16 heavy (non-hydrogen) atoms. The van der Waals surface area contributed by atoms with E-state index < -0.39 is 0 Å². The minimum absolute atomic E-state index is 0.0293. The molecular weight excluding hydrogens is 264 g/mol. The summed E-state index contributed by atoms with van der Waals surface area (Å²) >= 11 is 3.65. The normalized spacial score (nSPS) is 32.1. The molecule has 1 aliphatic carbocycles. The second-order valence-corrected chi connectivity index (χ2v) is 7.17. The quantitative estimate of drug-likeness (QED) is 0.680. The molecule has 1 fully saturated rings.